The van der Waals surface area contributed by atoms with Gasteiger partial charge in [0.25, 0.3) is 5.56 Å². The third-order valence-corrected chi connectivity index (χ3v) is 8.49. The number of nitrogens with zero attached hydrogens (tertiary/aromatic N) is 5. The predicted octanol–water partition coefficient (Wildman–Crippen LogP) is 6.72. The number of hydrogen-bond acceptors (Lipinski definition) is 5. The van der Waals surface area contributed by atoms with Crippen LogP contribution < -0.4 is 5.56 Å². The number of fused-ring (bicyclic) bond motifs is 2. The third-order valence-electron chi connectivity index (χ3n) is 8.49. The van der Waals surface area contributed by atoms with Gasteiger partial charge in [-0.25, -0.2) is 14.8 Å². The Morgan fingerprint density at radius 2 is 1.57 bits per heavy atom. The highest BCUT2D eigenvalue weighted by Crippen LogP contribution is 2.33. The maximum Gasteiger partial charge on any atom is 0.490 e. The van der Waals surface area contributed by atoms with Crippen molar-refractivity contribution in [1.82, 2.24) is 29.2 Å². The number of alkyl halides is 3. The number of aryl methyl sites for hydroxylation is 2. The molecule has 12 heteroatoms. The Hall–Kier alpha value is -5.23. The number of rotatable bonds is 5. The van der Waals surface area contributed by atoms with E-state index in [0.717, 1.165) is 66.2 Å². The molecule has 0 spiro atoms. The van der Waals surface area contributed by atoms with Gasteiger partial charge in [0.1, 0.15) is 5.82 Å². The molecule has 0 radical (unpaired) electrons. The molecule has 1 aliphatic heterocycles. The maximum absolute atomic E-state index is 12.5. The summed E-state index contributed by atoms with van der Waals surface area (Å²) in [4.78, 5) is 33.7. The fourth-order valence-electron chi connectivity index (χ4n) is 6.24. The van der Waals surface area contributed by atoms with E-state index in [1.54, 1.807) is 4.68 Å². The summed E-state index contributed by atoms with van der Waals surface area (Å²) in [5.41, 5.74) is 8.09. The van der Waals surface area contributed by atoms with Crippen LogP contribution in [-0.2, 0) is 18.4 Å². The van der Waals surface area contributed by atoms with Crippen molar-refractivity contribution < 1.29 is 23.1 Å². The van der Waals surface area contributed by atoms with Gasteiger partial charge in [-0.05, 0) is 49.1 Å². The summed E-state index contributed by atoms with van der Waals surface area (Å²) >= 11 is 0. The van der Waals surface area contributed by atoms with Gasteiger partial charge in [-0.15, -0.1) is 0 Å². The number of carbonyl (C=O) groups is 1. The number of aromatic nitrogens is 5. The lowest BCUT2D eigenvalue weighted by atomic mass is 9.97. The number of halogens is 3. The average Bonchev–Trinajstić information content (AvgIpc) is 3.55. The summed E-state index contributed by atoms with van der Waals surface area (Å²) in [7, 11) is 1.82. The van der Waals surface area contributed by atoms with E-state index in [-0.39, 0.29) is 5.56 Å². The summed E-state index contributed by atoms with van der Waals surface area (Å²) in [5.74, 6) is -1.65. The second-order valence-electron chi connectivity index (χ2n) is 11.6. The Morgan fingerprint density at radius 3 is 2.23 bits per heavy atom. The Balaban J connectivity index is 0.000000499. The number of benzene rings is 3. The largest absolute Gasteiger partial charge is 0.490 e. The molecule has 1 aliphatic rings. The second-order valence-corrected chi connectivity index (χ2v) is 11.6. The van der Waals surface area contributed by atoms with Crippen molar-refractivity contribution in [2.45, 2.75) is 38.5 Å². The molecule has 3 aromatic carbocycles. The predicted molar refractivity (Wildman–Crippen MR) is 174 cm³/mol. The molecule has 1 saturated heterocycles. The van der Waals surface area contributed by atoms with Crippen LogP contribution in [0.3, 0.4) is 0 Å². The maximum atomic E-state index is 12.5. The van der Waals surface area contributed by atoms with Crippen LogP contribution in [-0.4, -0.2) is 59.6 Å². The Morgan fingerprint density at radius 1 is 0.936 bits per heavy atom. The molecule has 7 rings (SSSR count). The number of nitrogens with one attached hydrogen (secondary N) is 1. The van der Waals surface area contributed by atoms with Crippen LogP contribution in [0.1, 0.15) is 30.3 Å². The van der Waals surface area contributed by atoms with Gasteiger partial charge in [0.2, 0.25) is 0 Å². The van der Waals surface area contributed by atoms with Crippen LogP contribution in [0.15, 0.2) is 89.7 Å². The van der Waals surface area contributed by atoms with Crippen molar-refractivity contribution in [1.29, 1.82) is 0 Å². The van der Waals surface area contributed by atoms with Crippen molar-refractivity contribution in [3.63, 3.8) is 0 Å². The van der Waals surface area contributed by atoms with Gasteiger partial charge in [0.05, 0.1) is 22.1 Å². The molecule has 0 unspecified atom stereocenters. The zero-order chi connectivity index (χ0) is 33.3. The first-order valence-electron chi connectivity index (χ1n) is 15.2. The summed E-state index contributed by atoms with van der Waals surface area (Å²) < 4.78 is 35.9. The van der Waals surface area contributed by atoms with Gasteiger partial charge >= 0.3 is 12.1 Å². The van der Waals surface area contributed by atoms with Crippen molar-refractivity contribution in [3.05, 3.63) is 107 Å². The number of piperidine rings is 1. The first-order valence-corrected chi connectivity index (χ1v) is 15.2. The Bertz CT molecular complexity index is 2090. The fourth-order valence-corrected chi connectivity index (χ4v) is 6.24. The van der Waals surface area contributed by atoms with E-state index < -0.39 is 12.1 Å². The minimum atomic E-state index is -5.08. The first kappa shape index (κ1) is 31.7. The zero-order valence-electron chi connectivity index (χ0n) is 25.8. The molecule has 47 heavy (non-hydrogen) atoms. The van der Waals surface area contributed by atoms with Crippen molar-refractivity contribution in [3.8, 4) is 22.4 Å². The molecule has 2 N–H and O–H groups in total. The standard InChI is InChI=1S/C33H32N6O.C2HF3O2/c1-22-34-29-10-6-7-11-30(29)39(22)26-16-18-38(19-17-26)21-23-12-14-25(15-13-23)31-27(24-8-4-3-5-9-24)20-28-32(35-31)37(2)36-33(28)40;3-2(4,5)1(6)7/h3-15,20,26H,16-19,21H2,1-2H3,(H,36,40);(H,6,7). The summed E-state index contributed by atoms with van der Waals surface area (Å²) in [6.45, 7) is 5.19. The van der Waals surface area contributed by atoms with Crippen LogP contribution in [0.5, 0.6) is 0 Å². The quantitative estimate of drug-likeness (QED) is 0.216. The minimum Gasteiger partial charge on any atom is -0.475 e. The number of aliphatic carboxylic acids is 1. The van der Waals surface area contributed by atoms with E-state index >= 15 is 0 Å². The number of imidazole rings is 1. The highest BCUT2D eigenvalue weighted by molar-refractivity contribution is 5.90. The van der Waals surface area contributed by atoms with Gasteiger partial charge in [-0.2, -0.15) is 13.2 Å². The lowest BCUT2D eigenvalue weighted by molar-refractivity contribution is -0.192. The van der Waals surface area contributed by atoms with E-state index in [9.17, 15) is 18.0 Å². The molecule has 0 bridgehead atoms. The molecule has 0 atom stereocenters. The van der Waals surface area contributed by atoms with Gasteiger partial charge in [0.15, 0.2) is 5.65 Å². The van der Waals surface area contributed by atoms with Gasteiger partial charge in [0, 0.05) is 43.9 Å². The molecule has 0 amide bonds. The highest BCUT2D eigenvalue weighted by Gasteiger charge is 2.38. The molecular formula is C35H33F3N6O3. The lowest BCUT2D eigenvalue weighted by Gasteiger charge is -2.33. The monoisotopic (exact) mass is 642 g/mol. The third kappa shape index (κ3) is 6.68. The van der Waals surface area contributed by atoms with Gasteiger partial charge in [-0.3, -0.25) is 19.5 Å². The molecule has 0 aliphatic carbocycles. The summed E-state index contributed by atoms with van der Waals surface area (Å²) in [6.07, 6.45) is -2.84. The average molecular weight is 643 g/mol. The van der Waals surface area contributed by atoms with Crippen LogP contribution in [0.25, 0.3) is 44.5 Å². The van der Waals surface area contributed by atoms with Crippen molar-refractivity contribution in [2.75, 3.05) is 13.1 Å². The van der Waals surface area contributed by atoms with E-state index in [4.69, 9.17) is 19.9 Å². The summed E-state index contributed by atoms with van der Waals surface area (Å²) in [5, 5.41) is 10.6. The first-order chi connectivity index (χ1) is 22.5. The number of H-pyrrole nitrogens is 1. The second kappa shape index (κ2) is 12.9. The van der Waals surface area contributed by atoms with Crippen molar-refractivity contribution >= 4 is 28.0 Å². The number of pyridine rings is 1. The number of carboxylic acid groups (broad SMARTS) is 1. The SMILES string of the molecule is Cc1nc2ccccc2n1C1CCN(Cc2ccc(-c3nc4c(cc3-c3ccccc3)c(=O)[nH]n4C)cc2)CC1.O=C(O)C(F)(F)F. The lowest BCUT2D eigenvalue weighted by Crippen LogP contribution is -2.34. The number of para-hydroxylation sites is 2. The molecule has 3 aromatic heterocycles. The number of hydrogen-bond donors (Lipinski definition) is 2. The normalized spacial score (nSPS) is 14.3. The van der Waals surface area contributed by atoms with Crippen LogP contribution in [0.4, 0.5) is 13.2 Å². The van der Waals surface area contributed by atoms with E-state index in [1.807, 2.05) is 31.3 Å². The molecule has 0 saturated carbocycles. The molecule has 242 valence electrons. The van der Waals surface area contributed by atoms with Crippen LogP contribution >= 0.6 is 0 Å². The van der Waals surface area contributed by atoms with Crippen LogP contribution in [0, 0.1) is 6.92 Å². The summed E-state index contributed by atoms with van der Waals surface area (Å²) in [6, 6.07) is 29.8. The number of likely N-dealkylation sites (tertiary alicyclic amines) is 1. The molecule has 9 nitrogen and oxygen atoms in total. The van der Waals surface area contributed by atoms with Gasteiger partial charge < -0.3 is 9.67 Å². The van der Waals surface area contributed by atoms with E-state index in [0.29, 0.717) is 17.1 Å². The van der Waals surface area contributed by atoms with E-state index in [1.165, 1.54) is 11.1 Å². The van der Waals surface area contributed by atoms with Crippen molar-refractivity contribution in [2.24, 2.45) is 7.05 Å². The Labute approximate surface area is 267 Å². The molecule has 6 aromatic rings. The zero-order valence-corrected chi connectivity index (χ0v) is 25.8. The molecule has 1 fully saturated rings. The van der Waals surface area contributed by atoms with Crippen LogP contribution in [0.2, 0.25) is 0 Å². The molecular weight excluding hydrogens is 609 g/mol. The Kier molecular flexibility index (Phi) is 8.69. The minimum absolute atomic E-state index is 0.121. The number of aromatic amines is 1. The smallest absolute Gasteiger partial charge is 0.475 e. The van der Waals surface area contributed by atoms with E-state index in [2.05, 4.69) is 82.2 Å². The van der Waals surface area contributed by atoms with Gasteiger partial charge in [-0.1, -0.05) is 66.7 Å². The number of carboxylic acids is 1. The topological polar surface area (TPSA) is 109 Å². The highest BCUT2D eigenvalue weighted by atomic mass is 19.4. The fraction of sp³-hybridized carbons (Fsp3) is 0.257. The molecule has 4 heterocycles.